The van der Waals surface area contributed by atoms with E-state index in [1.807, 2.05) is 24.3 Å². The Balaban J connectivity index is 0.00000729. The number of allylic oxidation sites excluding steroid dienone is 2. The predicted octanol–water partition coefficient (Wildman–Crippen LogP) is 5.69. The van der Waals surface area contributed by atoms with Gasteiger partial charge in [-0.25, -0.2) is 9.59 Å². The van der Waals surface area contributed by atoms with Gasteiger partial charge in [-0.05, 0) is 48.4 Å². The molecule has 1 amide bonds. The Morgan fingerprint density at radius 3 is 2.26 bits per heavy atom. The van der Waals surface area contributed by atoms with Gasteiger partial charge >= 0.3 is 12.1 Å². The molecule has 0 spiro atoms. The monoisotopic (exact) mass is 375 g/mol. The van der Waals surface area contributed by atoms with Gasteiger partial charge in [-0.1, -0.05) is 52.0 Å². The maximum atomic E-state index is 11.8. The second kappa shape index (κ2) is 11.2. The number of hydrogen-bond acceptors (Lipinski definition) is 4. The summed E-state index contributed by atoms with van der Waals surface area (Å²) in [6.45, 7) is 14.3. The summed E-state index contributed by atoms with van der Waals surface area (Å²) in [6.07, 6.45) is 1.58. The molecule has 0 aromatic heterocycles. The first-order valence-corrected chi connectivity index (χ1v) is 9.34. The minimum atomic E-state index is -0.591. The van der Waals surface area contributed by atoms with Gasteiger partial charge in [0.1, 0.15) is 13.2 Å². The molecule has 1 rings (SSSR count). The first-order valence-electron chi connectivity index (χ1n) is 9.34. The molecule has 0 radical (unpaired) electrons. The van der Waals surface area contributed by atoms with E-state index in [0.717, 1.165) is 18.1 Å². The Labute approximate surface area is 163 Å². The molecular weight excluding hydrogens is 342 g/mol. The molecule has 1 aromatic carbocycles. The average Bonchev–Trinajstić information content (AvgIpc) is 2.65. The first kappa shape index (κ1) is 22.5. The van der Waals surface area contributed by atoms with Gasteiger partial charge in [-0.15, -0.1) is 0 Å². The molecule has 0 saturated heterocycles. The lowest BCUT2D eigenvalue weighted by molar-refractivity contribution is -0.138. The van der Waals surface area contributed by atoms with E-state index in [-0.39, 0.29) is 14.6 Å². The largest absolute Gasteiger partial charge is 0.459 e. The van der Waals surface area contributed by atoms with Gasteiger partial charge in [0.05, 0.1) is 0 Å². The summed E-state index contributed by atoms with van der Waals surface area (Å²) in [5.74, 6) is 0.479. The topological polar surface area (TPSA) is 64.6 Å². The summed E-state index contributed by atoms with van der Waals surface area (Å²) in [7, 11) is 0. The van der Waals surface area contributed by atoms with Crippen molar-refractivity contribution in [3.63, 3.8) is 0 Å². The summed E-state index contributed by atoms with van der Waals surface area (Å²) in [4.78, 5) is 22.7. The number of ether oxygens (including phenoxy) is 2. The molecule has 0 fully saturated rings. The van der Waals surface area contributed by atoms with Crippen molar-refractivity contribution in [2.24, 2.45) is 11.8 Å². The van der Waals surface area contributed by atoms with Crippen molar-refractivity contribution in [1.82, 2.24) is 0 Å². The van der Waals surface area contributed by atoms with Gasteiger partial charge in [0.25, 0.3) is 0 Å². The first-order chi connectivity index (χ1) is 12.8. The van der Waals surface area contributed by atoms with E-state index in [0.29, 0.717) is 17.5 Å². The number of carbonyl (C=O) groups is 2. The lowest BCUT2D eigenvalue weighted by Crippen LogP contribution is -2.17. The van der Waals surface area contributed by atoms with E-state index in [2.05, 4.69) is 46.5 Å². The summed E-state index contributed by atoms with van der Waals surface area (Å²) >= 11 is 0. The van der Waals surface area contributed by atoms with Crippen molar-refractivity contribution in [2.45, 2.75) is 41.0 Å². The number of benzene rings is 1. The third-order valence-electron chi connectivity index (χ3n) is 4.49. The highest BCUT2D eigenvalue weighted by atomic mass is 16.6. The van der Waals surface area contributed by atoms with Crippen molar-refractivity contribution < 1.29 is 20.5 Å². The van der Waals surface area contributed by atoms with Crippen LogP contribution in [0.3, 0.4) is 0 Å². The Hall–Kier alpha value is -2.56. The molecule has 5 nitrogen and oxygen atoms in total. The van der Waals surface area contributed by atoms with Crippen LogP contribution in [0.25, 0.3) is 5.57 Å². The van der Waals surface area contributed by atoms with Gasteiger partial charge in [0.15, 0.2) is 0 Å². The fraction of sp³-hybridized carbons (Fsp3) is 0.455. The number of amides is 1. The molecule has 0 bridgehead atoms. The highest BCUT2D eigenvalue weighted by Crippen LogP contribution is 2.31. The average molecular weight is 376 g/mol. The number of esters is 1. The van der Waals surface area contributed by atoms with E-state index < -0.39 is 12.1 Å². The Kier molecular flexibility index (Phi) is 9.34. The van der Waals surface area contributed by atoms with Crippen LogP contribution in [-0.2, 0) is 14.3 Å². The lowest BCUT2D eigenvalue weighted by atomic mass is 9.84. The van der Waals surface area contributed by atoms with Crippen molar-refractivity contribution in [2.75, 3.05) is 18.5 Å². The maximum absolute atomic E-state index is 11.8. The number of anilines is 1. The quantitative estimate of drug-likeness (QED) is 0.342. The van der Waals surface area contributed by atoms with E-state index >= 15 is 0 Å². The Bertz CT molecular complexity index is 680. The zero-order chi connectivity index (χ0) is 20.4. The molecule has 0 aliphatic heterocycles. The Morgan fingerprint density at radius 1 is 1.15 bits per heavy atom. The Morgan fingerprint density at radius 2 is 1.74 bits per heavy atom. The van der Waals surface area contributed by atoms with E-state index in [1.54, 1.807) is 0 Å². The maximum Gasteiger partial charge on any atom is 0.411 e. The van der Waals surface area contributed by atoms with Crippen LogP contribution in [0.1, 0.15) is 48.0 Å². The van der Waals surface area contributed by atoms with Crippen LogP contribution < -0.4 is 5.32 Å². The van der Waals surface area contributed by atoms with Crippen molar-refractivity contribution in [1.29, 1.82) is 0 Å². The fourth-order valence-corrected chi connectivity index (χ4v) is 3.05. The zero-order valence-electron chi connectivity index (χ0n) is 17.0. The standard InChI is InChI=1S/C22H31NO4.H2/c1-7-16(5)21(15(3)4)17(6)18-9-11-19(12-10-18)23-22(25)27-14-13-26-20(24)8-2;/h8-12,15-16H,2,7,13-14H2,1,3-6H3,(H,23,25);1H/b21-17-;. The summed E-state index contributed by atoms with van der Waals surface area (Å²) in [5.41, 5.74) is 4.55. The minimum Gasteiger partial charge on any atom is -0.459 e. The lowest BCUT2D eigenvalue weighted by Gasteiger charge is -2.22. The predicted molar refractivity (Wildman–Crippen MR) is 112 cm³/mol. The van der Waals surface area contributed by atoms with Gasteiger partial charge in [0.2, 0.25) is 0 Å². The van der Waals surface area contributed by atoms with Crippen LogP contribution >= 0.6 is 0 Å². The van der Waals surface area contributed by atoms with Gasteiger partial charge in [-0.2, -0.15) is 0 Å². The molecule has 27 heavy (non-hydrogen) atoms. The number of hydrogen-bond donors (Lipinski definition) is 1. The summed E-state index contributed by atoms with van der Waals surface area (Å²) < 4.78 is 9.70. The molecule has 5 heteroatoms. The smallest absolute Gasteiger partial charge is 0.411 e. The molecule has 1 unspecified atom stereocenters. The normalized spacial score (nSPS) is 12.8. The van der Waals surface area contributed by atoms with Crippen LogP contribution in [0.2, 0.25) is 0 Å². The van der Waals surface area contributed by atoms with E-state index in [9.17, 15) is 9.59 Å². The van der Waals surface area contributed by atoms with Crippen LogP contribution in [0.4, 0.5) is 10.5 Å². The second-order valence-corrected chi connectivity index (χ2v) is 6.75. The van der Waals surface area contributed by atoms with Crippen LogP contribution in [0, 0.1) is 11.8 Å². The zero-order valence-corrected chi connectivity index (χ0v) is 17.0. The highest BCUT2D eigenvalue weighted by Gasteiger charge is 2.15. The molecule has 150 valence electrons. The van der Waals surface area contributed by atoms with E-state index in [4.69, 9.17) is 9.47 Å². The molecule has 1 aromatic rings. The molecule has 0 aliphatic carbocycles. The van der Waals surface area contributed by atoms with Crippen LogP contribution in [-0.4, -0.2) is 25.3 Å². The third-order valence-corrected chi connectivity index (χ3v) is 4.49. The van der Waals surface area contributed by atoms with Crippen molar-refractivity contribution in [3.05, 3.63) is 48.1 Å². The van der Waals surface area contributed by atoms with E-state index in [1.165, 1.54) is 11.1 Å². The summed E-state index contributed by atoms with van der Waals surface area (Å²) in [6, 6.07) is 7.71. The van der Waals surface area contributed by atoms with Gasteiger partial charge in [-0.3, -0.25) is 5.32 Å². The number of rotatable bonds is 9. The SMILES string of the molecule is C=CC(=O)OCCOC(=O)Nc1ccc(/C(C)=C(/C(C)C)C(C)CC)cc1.[HH]. The van der Waals surface area contributed by atoms with Gasteiger partial charge < -0.3 is 9.47 Å². The fourth-order valence-electron chi connectivity index (χ4n) is 3.05. The van der Waals surface area contributed by atoms with Gasteiger partial charge in [0, 0.05) is 13.2 Å². The van der Waals surface area contributed by atoms with Crippen molar-refractivity contribution >= 4 is 23.3 Å². The molecule has 1 N–H and O–H groups in total. The van der Waals surface area contributed by atoms with Crippen LogP contribution in [0.5, 0.6) is 0 Å². The van der Waals surface area contributed by atoms with Crippen molar-refractivity contribution in [3.8, 4) is 0 Å². The second-order valence-electron chi connectivity index (χ2n) is 6.75. The molecule has 0 saturated carbocycles. The molecular formula is C22H33NO4. The molecule has 1 atom stereocenters. The van der Waals surface area contributed by atoms with Crippen LogP contribution in [0.15, 0.2) is 42.5 Å². The number of carbonyl (C=O) groups excluding carboxylic acids is 2. The molecule has 0 aliphatic rings. The molecule has 0 heterocycles. The number of nitrogens with one attached hydrogen (secondary N) is 1. The third kappa shape index (κ3) is 7.29. The minimum absolute atomic E-state index is 0. The highest BCUT2D eigenvalue weighted by molar-refractivity contribution is 5.85. The summed E-state index contributed by atoms with van der Waals surface area (Å²) in [5, 5.41) is 2.66.